The van der Waals surface area contributed by atoms with Crippen LogP contribution in [-0.4, -0.2) is 10.3 Å². The Bertz CT molecular complexity index is 703. The van der Waals surface area contributed by atoms with E-state index in [0.29, 0.717) is 5.75 Å². The fraction of sp³-hybridized carbons (Fsp3) is 0.158. The zero-order valence-electron chi connectivity index (χ0n) is 12.3. The summed E-state index contributed by atoms with van der Waals surface area (Å²) in [6.07, 6.45) is 6.58. The predicted molar refractivity (Wildman–Crippen MR) is 92.0 cm³/mol. The first kappa shape index (κ1) is 14.1. The van der Waals surface area contributed by atoms with Crippen LogP contribution in [0.2, 0.25) is 0 Å². The molecule has 1 N–H and O–H groups in total. The second kappa shape index (κ2) is 5.50. The third-order valence-electron chi connectivity index (χ3n) is 4.17. The van der Waals surface area contributed by atoms with Crippen molar-refractivity contribution in [3.8, 4) is 5.75 Å². The number of benzene rings is 2. The van der Waals surface area contributed by atoms with Gasteiger partial charge < -0.3 is 5.11 Å². The molecule has 0 radical (unpaired) electrons. The van der Waals surface area contributed by atoms with E-state index in [2.05, 4.69) is 62.4 Å². The minimum atomic E-state index is -0.699. The summed E-state index contributed by atoms with van der Waals surface area (Å²) in [5, 5.41) is 12.7. The molecular formula is C19H19OP. The maximum absolute atomic E-state index is 10.4. The molecule has 1 aliphatic carbocycles. The molecule has 0 bridgehead atoms. The van der Waals surface area contributed by atoms with Gasteiger partial charge in [0, 0.05) is 10.5 Å². The van der Waals surface area contributed by atoms with E-state index in [9.17, 15) is 5.11 Å². The summed E-state index contributed by atoms with van der Waals surface area (Å²) >= 11 is 0. The highest BCUT2D eigenvalue weighted by atomic mass is 31.1. The number of aromatic hydroxyl groups is 1. The van der Waals surface area contributed by atoms with E-state index in [1.807, 2.05) is 18.2 Å². The van der Waals surface area contributed by atoms with Crippen molar-refractivity contribution in [1.82, 2.24) is 0 Å². The fourth-order valence-electron chi connectivity index (χ4n) is 2.82. The van der Waals surface area contributed by atoms with Gasteiger partial charge in [-0.3, -0.25) is 0 Å². The van der Waals surface area contributed by atoms with E-state index in [4.69, 9.17) is 0 Å². The van der Waals surface area contributed by atoms with Gasteiger partial charge >= 0.3 is 0 Å². The van der Waals surface area contributed by atoms with Gasteiger partial charge in [-0.25, -0.2) is 0 Å². The van der Waals surface area contributed by atoms with E-state index in [1.165, 1.54) is 10.9 Å². The molecule has 0 aromatic heterocycles. The highest BCUT2D eigenvalue weighted by Gasteiger charge is 2.38. The van der Waals surface area contributed by atoms with Gasteiger partial charge in [0.05, 0.1) is 0 Å². The molecule has 0 saturated carbocycles. The third-order valence-corrected chi connectivity index (χ3v) is 7.27. The Morgan fingerprint density at radius 2 is 1.62 bits per heavy atom. The molecule has 2 atom stereocenters. The van der Waals surface area contributed by atoms with Gasteiger partial charge in [0.25, 0.3) is 0 Å². The largest absolute Gasteiger partial charge is 0.507 e. The van der Waals surface area contributed by atoms with Crippen LogP contribution in [0.5, 0.6) is 5.75 Å². The molecule has 2 heteroatoms. The normalized spacial score (nSPS) is 22.1. The van der Waals surface area contributed by atoms with Crippen molar-refractivity contribution < 1.29 is 5.11 Å². The van der Waals surface area contributed by atoms with E-state index in [-0.39, 0.29) is 5.16 Å². The Balaban J connectivity index is 2.20. The van der Waals surface area contributed by atoms with E-state index < -0.39 is 7.92 Å². The Hall–Kier alpha value is -1.85. The summed E-state index contributed by atoms with van der Waals surface area (Å²) in [6.45, 7) is 4.45. The summed E-state index contributed by atoms with van der Waals surface area (Å²) in [5.74, 6) is 0.391. The number of phenols is 1. The van der Waals surface area contributed by atoms with Crippen molar-refractivity contribution in [3.05, 3.63) is 78.4 Å². The van der Waals surface area contributed by atoms with Crippen molar-refractivity contribution in [2.24, 2.45) is 0 Å². The molecule has 0 aliphatic heterocycles. The average Bonchev–Trinajstić information content (AvgIpc) is 2.83. The lowest BCUT2D eigenvalue weighted by Gasteiger charge is -2.36. The first-order valence-electron chi connectivity index (χ1n) is 7.13. The van der Waals surface area contributed by atoms with Crippen molar-refractivity contribution in [2.45, 2.75) is 19.0 Å². The number of allylic oxidation sites excluding steroid dienone is 4. The number of phenolic OH excluding ortho intramolecular Hbond substituents is 1. The van der Waals surface area contributed by atoms with Gasteiger partial charge in [0.1, 0.15) is 5.75 Å². The number of hydrogen-bond donors (Lipinski definition) is 1. The van der Waals surface area contributed by atoms with E-state index in [0.717, 1.165) is 5.30 Å². The first-order valence-corrected chi connectivity index (χ1v) is 8.47. The monoisotopic (exact) mass is 294 g/mol. The first-order chi connectivity index (χ1) is 10.1. The van der Waals surface area contributed by atoms with Gasteiger partial charge in [-0.2, -0.15) is 0 Å². The molecule has 0 saturated heterocycles. The summed E-state index contributed by atoms with van der Waals surface area (Å²) in [5.41, 5.74) is 1.35. The lowest BCUT2D eigenvalue weighted by molar-refractivity contribution is 0.479. The van der Waals surface area contributed by atoms with Crippen molar-refractivity contribution >= 4 is 18.5 Å². The Kier molecular flexibility index (Phi) is 3.69. The highest BCUT2D eigenvalue weighted by molar-refractivity contribution is 7.75. The molecule has 2 unspecified atom stereocenters. The molecule has 1 aliphatic rings. The quantitative estimate of drug-likeness (QED) is 0.845. The van der Waals surface area contributed by atoms with Crippen LogP contribution in [0.4, 0.5) is 0 Å². The number of hydrogen-bond acceptors (Lipinski definition) is 1. The number of rotatable bonds is 3. The Morgan fingerprint density at radius 3 is 2.24 bits per heavy atom. The number of para-hydroxylation sites is 1. The molecule has 106 valence electrons. The SMILES string of the molecule is CC1=CC=CC1(C)P(c1ccccc1)c1ccccc1O. The maximum Gasteiger partial charge on any atom is 0.123 e. The minimum absolute atomic E-state index is 0.0461. The summed E-state index contributed by atoms with van der Waals surface area (Å²) in [7, 11) is -0.699. The zero-order chi connectivity index (χ0) is 14.9. The molecule has 0 fully saturated rings. The summed E-state index contributed by atoms with van der Waals surface area (Å²) < 4.78 is 0. The van der Waals surface area contributed by atoms with Crippen molar-refractivity contribution in [2.75, 3.05) is 0 Å². The van der Waals surface area contributed by atoms with E-state index in [1.54, 1.807) is 6.07 Å². The van der Waals surface area contributed by atoms with Gasteiger partial charge in [0.15, 0.2) is 0 Å². The van der Waals surface area contributed by atoms with Crippen LogP contribution in [-0.2, 0) is 0 Å². The molecule has 1 nitrogen and oxygen atoms in total. The van der Waals surface area contributed by atoms with Crippen LogP contribution in [0.1, 0.15) is 13.8 Å². The molecule has 0 spiro atoms. The van der Waals surface area contributed by atoms with Crippen molar-refractivity contribution in [1.29, 1.82) is 0 Å². The molecule has 2 aromatic rings. The summed E-state index contributed by atoms with van der Waals surface area (Å²) in [4.78, 5) is 0. The third kappa shape index (κ3) is 2.43. The molecule has 3 rings (SSSR count). The molecule has 2 aromatic carbocycles. The molecule has 21 heavy (non-hydrogen) atoms. The summed E-state index contributed by atoms with van der Waals surface area (Å²) in [6, 6.07) is 18.3. The lowest BCUT2D eigenvalue weighted by atomic mass is 10.1. The van der Waals surface area contributed by atoms with Gasteiger partial charge in [-0.15, -0.1) is 0 Å². The molecule has 0 amide bonds. The highest BCUT2D eigenvalue weighted by Crippen LogP contribution is 2.55. The Labute approximate surface area is 127 Å². The van der Waals surface area contributed by atoms with Crippen LogP contribution in [0, 0.1) is 0 Å². The van der Waals surface area contributed by atoms with Crippen LogP contribution in [0.25, 0.3) is 0 Å². The topological polar surface area (TPSA) is 20.2 Å². The standard InChI is InChI=1S/C19H19OP/c1-15-9-8-14-19(15,2)21(16-10-4-3-5-11-16)18-13-7-6-12-17(18)20/h3-14,20H,1-2H3. The lowest BCUT2D eigenvalue weighted by Crippen LogP contribution is -2.30. The second-order valence-corrected chi connectivity index (χ2v) is 8.11. The van der Waals surface area contributed by atoms with Crippen LogP contribution in [0.15, 0.2) is 78.4 Å². The Morgan fingerprint density at radius 1 is 0.952 bits per heavy atom. The minimum Gasteiger partial charge on any atom is -0.507 e. The maximum atomic E-state index is 10.4. The predicted octanol–water partition coefficient (Wildman–Crippen LogP) is 4.10. The van der Waals surface area contributed by atoms with E-state index >= 15 is 0 Å². The zero-order valence-corrected chi connectivity index (χ0v) is 13.2. The second-order valence-electron chi connectivity index (χ2n) is 5.52. The van der Waals surface area contributed by atoms with Crippen molar-refractivity contribution in [3.63, 3.8) is 0 Å². The fourth-order valence-corrected chi connectivity index (χ4v) is 5.81. The molecule has 0 heterocycles. The van der Waals surface area contributed by atoms with Crippen LogP contribution in [0.3, 0.4) is 0 Å². The van der Waals surface area contributed by atoms with Gasteiger partial charge in [0.2, 0.25) is 0 Å². The van der Waals surface area contributed by atoms with Gasteiger partial charge in [-0.05, 0) is 33.1 Å². The average molecular weight is 294 g/mol. The van der Waals surface area contributed by atoms with Crippen LogP contribution >= 0.6 is 7.92 Å². The van der Waals surface area contributed by atoms with Gasteiger partial charge in [-0.1, -0.05) is 72.3 Å². The van der Waals surface area contributed by atoms with Crippen LogP contribution < -0.4 is 10.6 Å². The molecular weight excluding hydrogens is 275 g/mol. The smallest absolute Gasteiger partial charge is 0.123 e.